The van der Waals surface area contributed by atoms with Crippen LogP contribution in [0, 0.1) is 0 Å². The summed E-state index contributed by atoms with van der Waals surface area (Å²) in [5.41, 5.74) is 0. The van der Waals surface area contributed by atoms with Crippen LogP contribution in [0.2, 0.25) is 0 Å². The van der Waals surface area contributed by atoms with Gasteiger partial charge in [-0.1, -0.05) is 12.7 Å². The molecule has 0 fully saturated rings. The number of esters is 1. The largest absolute Gasteiger partial charge is 0.461 e. The second-order valence-corrected chi connectivity index (χ2v) is 1.92. The molecule has 0 aromatic rings. The van der Waals surface area contributed by atoms with E-state index in [-0.39, 0.29) is 12.6 Å². The molecule has 0 atom stereocenters. The maximum absolute atomic E-state index is 10.7. The molecule has 3 nitrogen and oxygen atoms in total. The van der Waals surface area contributed by atoms with Gasteiger partial charge in [-0.2, -0.15) is 0 Å². The highest BCUT2D eigenvalue weighted by Gasteiger charge is 1.99. The van der Waals surface area contributed by atoms with Gasteiger partial charge in [0.05, 0.1) is 13.0 Å². The fourth-order valence-electron chi connectivity index (χ4n) is 0.524. The molecule has 0 aromatic heterocycles. The van der Waals surface area contributed by atoms with Crippen LogP contribution in [-0.4, -0.2) is 25.8 Å². The Balaban J connectivity index is 3.15. The average molecular weight is 158 g/mol. The van der Waals surface area contributed by atoms with Gasteiger partial charge in [0.25, 0.3) is 0 Å². The number of hydrogen-bond donors (Lipinski definition) is 0. The zero-order valence-electron chi connectivity index (χ0n) is 6.84. The Hall–Kier alpha value is -0.830. The average Bonchev–Trinajstić information content (AvgIpc) is 2.01. The van der Waals surface area contributed by atoms with Crippen LogP contribution in [0.5, 0.6) is 0 Å². The molecule has 0 aliphatic rings. The molecule has 0 aliphatic carbocycles. The predicted molar refractivity (Wildman–Crippen MR) is 42.3 cm³/mol. The SMILES string of the molecule is C=CCOC(=O)CCOCC. The first-order valence-electron chi connectivity index (χ1n) is 3.65. The molecule has 0 radical (unpaired) electrons. The Kier molecular flexibility index (Phi) is 6.73. The number of carbonyl (C=O) groups excluding carboxylic acids is 1. The van der Waals surface area contributed by atoms with Crippen LogP contribution < -0.4 is 0 Å². The van der Waals surface area contributed by atoms with Gasteiger partial charge in [-0.3, -0.25) is 4.79 Å². The van der Waals surface area contributed by atoms with E-state index in [2.05, 4.69) is 6.58 Å². The van der Waals surface area contributed by atoms with E-state index < -0.39 is 0 Å². The van der Waals surface area contributed by atoms with Crippen molar-refractivity contribution in [3.05, 3.63) is 12.7 Å². The quantitative estimate of drug-likeness (QED) is 0.330. The molecule has 0 aromatic carbocycles. The maximum atomic E-state index is 10.7. The maximum Gasteiger partial charge on any atom is 0.308 e. The summed E-state index contributed by atoms with van der Waals surface area (Å²) in [6, 6.07) is 0. The Morgan fingerprint density at radius 2 is 2.36 bits per heavy atom. The molecule has 0 unspecified atom stereocenters. The van der Waals surface area contributed by atoms with Gasteiger partial charge in [-0.15, -0.1) is 0 Å². The van der Waals surface area contributed by atoms with Crippen LogP contribution in [0.4, 0.5) is 0 Å². The lowest BCUT2D eigenvalue weighted by molar-refractivity contribution is -0.143. The van der Waals surface area contributed by atoms with Crippen molar-refractivity contribution in [2.24, 2.45) is 0 Å². The van der Waals surface area contributed by atoms with Crippen molar-refractivity contribution in [2.45, 2.75) is 13.3 Å². The lowest BCUT2D eigenvalue weighted by Crippen LogP contribution is -2.08. The number of hydrogen-bond acceptors (Lipinski definition) is 3. The van der Waals surface area contributed by atoms with Gasteiger partial charge in [0.1, 0.15) is 6.61 Å². The monoisotopic (exact) mass is 158 g/mol. The van der Waals surface area contributed by atoms with Gasteiger partial charge in [-0.25, -0.2) is 0 Å². The van der Waals surface area contributed by atoms with Crippen LogP contribution >= 0.6 is 0 Å². The van der Waals surface area contributed by atoms with Crippen LogP contribution in [0.25, 0.3) is 0 Å². The minimum atomic E-state index is -0.238. The number of carbonyl (C=O) groups is 1. The lowest BCUT2D eigenvalue weighted by Gasteiger charge is -2.00. The van der Waals surface area contributed by atoms with Gasteiger partial charge in [0.15, 0.2) is 0 Å². The number of rotatable bonds is 6. The van der Waals surface area contributed by atoms with Crippen molar-refractivity contribution in [3.63, 3.8) is 0 Å². The number of ether oxygens (including phenoxy) is 2. The van der Waals surface area contributed by atoms with Crippen LogP contribution in [0.1, 0.15) is 13.3 Å². The fraction of sp³-hybridized carbons (Fsp3) is 0.625. The molecule has 11 heavy (non-hydrogen) atoms. The summed E-state index contributed by atoms with van der Waals surface area (Å²) in [6.45, 7) is 6.66. The standard InChI is InChI=1S/C8H14O3/c1-3-6-11-8(9)5-7-10-4-2/h3H,1,4-7H2,2H3. The Labute approximate surface area is 67.0 Å². The van der Waals surface area contributed by atoms with Crippen LogP contribution in [-0.2, 0) is 14.3 Å². The van der Waals surface area contributed by atoms with Crippen molar-refractivity contribution in [1.29, 1.82) is 0 Å². The molecule has 3 heteroatoms. The summed E-state index contributed by atoms with van der Waals surface area (Å²) >= 11 is 0. The van der Waals surface area contributed by atoms with E-state index in [1.165, 1.54) is 0 Å². The van der Waals surface area contributed by atoms with E-state index in [0.717, 1.165) is 0 Å². The summed E-state index contributed by atoms with van der Waals surface area (Å²) in [5.74, 6) is -0.238. The third-order valence-electron chi connectivity index (χ3n) is 1.02. The fourth-order valence-corrected chi connectivity index (χ4v) is 0.524. The van der Waals surface area contributed by atoms with Gasteiger partial charge >= 0.3 is 5.97 Å². The van der Waals surface area contributed by atoms with E-state index >= 15 is 0 Å². The van der Waals surface area contributed by atoms with Gasteiger partial charge in [0, 0.05) is 6.61 Å². The molecule has 0 saturated heterocycles. The highest BCUT2D eigenvalue weighted by molar-refractivity contribution is 5.69. The highest BCUT2D eigenvalue weighted by atomic mass is 16.5. The first kappa shape index (κ1) is 10.2. The lowest BCUT2D eigenvalue weighted by atomic mass is 10.5. The Bertz CT molecular complexity index is 121. The van der Waals surface area contributed by atoms with Crippen molar-refractivity contribution >= 4 is 5.97 Å². The minimum Gasteiger partial charge on any atom is -0.461 e. The summed E-state index contributed by atoms with van der Waals surface area (Å²) in [6.07, 6.45) is 1.86. The summed E-state index contributed by atoms with van der Waals surface area (Å²) < 4.78 is 9.66. The highest BCUT2D eigenvalue weighted by Crippen LogP contribution is 1.87. The van der Waals surface area contributed by atoms with E-state index in [9.17, 15) is 4.79 Å². The van der Waals surface area contributed by atoms with Gasteiger partial charge < -0.3 is 9.47 Å². The minimum absolute atomic E-state index is 0.238. The smallest absolute Gasteiger partial charge is 0.308 e. The molecule has 0 bridgehead atoms. The van der Waals surface area contributed by atoms with E-state index in [1.807, 2.05) is 6.92 Å². The summed E-state index contributed by atoms with van der Waals surface area (Å²) in [5, 5.41) is 0. The molecule has 0 heterocycles. The molecule has 0 amide bonds. The molecule has 0 spiro atoms. The van der Waals surface area contributed by atoms with E-state index in [4.69, 9.17) is 9.47 Å². The summed E-state index contributed by atoms with van der Waals surface area (Å²) in [4.78, 5) is 10.7. The molecule has 0 saturated carbocycles. The first-order valence-corrected chi connectivity index (χ1v) is 3.65. The van der Waals surface area contributed by atoms with Crippen molar-refractivity contribution in [3.8, 4) is 0 Å². The van der Waals surface area contributed by atoms with E-state index in [1.54, 1.807) is 6.08 Å². The van der Waals surface area contributed by atoms with Crippen molar-refractivity contribution in [1.82, 2.24) is 0 Å². The van der Waals surface area contributed by atoms with Crippen molar-refractivity contribution in [2.75, 3.05) is 19.8 Å². The van der Waals surface area contributed by atoms with Gasteiger partial charge in [-0.05, 0) is 6.92 Å². The molecule has 0 rings (SSSR count). The Morgan fingerprint density at radius 1 is 1.64 bits per heavy atom. The second kappa shape index (κ2) is 7.28. The molecule has 0 aliphatic heterocycles. The second-order valence-electron chi connectivity index (χ2n) is 1.92. The molecular formula is C8H14O3. The summed E-state index contributed by atoms with van der Waals surface area (Å²) in [7, 11) is 0. The molecular weight excluding hydrogens is 144 g/mol. The van der Waals surface area contributed by atoms with E-state index in [0.29, 0.717) is 19.6 Å². The first-order chi connectivity index (χ1) is 5.31. The van der Waals surface area contributed by atoms with Crippen LogP contribution in [0.15, 0.2) is 12.7 Å². The third kappa shape index (κ3) is 7.06. The molecule has 64 valence electrons. The molecule has 0 N–H and O–H groups in total. The Morgan fingerprint density at radius 3 is 2.91 bits per heavy atom. The third-order valence-corrected chi connectivity index (χ3v) is 1.02. The van der Waals surface area contributed by atoms with Crippen LogP contribution in [0.3, 0.4) is 0 Å². The zero-order valence-corrected chi connectivity index (χ0v) is 6.84. The zero-order chi connectivity index (χ0) is 8.53. The van der Waals surface area contributed by atoms with Crippen molar-refractivity contribution < 1.29 is 14.3 Å². The van der Waals surface area contributed by atoms with Gasteiger partial charge in [0.2, 0.25) is 0 Å². The predicted octanol–water partition coefficient (Wildman–Crippen LogP) is 1.14. The topological polar surface area (TPSA) is 35.5 Å². The normalized spacial score (nSPS) is 9.18.